The number of halogens is 6. The fourth-order valence-electron chi connectivity index (χ4n) is 6.08. The number of carbonyl (C=O) groups excluding carboxylic acids is 1. The van der Waals surface area contributed by atoms with Crippen LogP contribution in [-0.2, 0) is 16.6 Å². The molecule has 2 aromatic rings. The van der Waals surface area contributed by atoms with E-state index in [0.29, 0.717) is 9.61 Å². The molecule has 0 aromatic heterocycles. The van der Waals surface area contributed by atoms with Crippen molar-refractivity contribution in [3.8, 4) is 0 Å². The third-order valence-corrected chi connectivity index (χ3v) is 9.63. The molecule has 10 heteroatoms. The van der Waals surface area contributed by atoms with Crippen molar-refractivity contribution < 1.29 is 23.1 Å². The maximum atomic E-state index is 14.3. The molecule has 0 spiro atoms. The quantitative estimate of drug-likeness (QED) is 0.303. The highest BCUT2D eigenvalue weighted by Crippen LogP contribution is 2.53. The molecule has 1 amide bonds. The number of hydrogen-bond donors (Lipinski definition) is 1. The van der Waals surface area contributed by atoms with Crippen molar-refractivity contribution in [2.75, 3.05) is 24.5 Å². The van der Waals surface area contributed by atoms with Crippen LogP contribution in [0.2, 0.25) is 10.0 Å². The molecule has 1 N–H and O–H groups in total. The van der Waals surface area contributed by atoms with Crippen molar-refractivity contribution in [1.29, 1.82) is 0 Å². The van der Waals surface area contributed by atoms with Crippen molar-refractivity contribution in [1.82, 2.24) is 4.90 Å². The monoisotopic (exact) mass is 678 g/mol. The molecule has 1 aliphatic heterocycles. The first-order valence-electron chi connectivity index (χ1n) is 13.1. The minimum Gasteiger partial charge on any atom is -0.372 e. The normalized spacial score (nSPS) is 27.2. The molecular weight excluding hydrogens is 651 g/mol. The summed E-state index contributed by atoms with van der Waals surface area (Å²) < 4.78 is 43.2. The van der Waals surface area contributed by atoms with Crippen molar-refractivity contribution >= 4 is 57.4 Å². The SMILES string of the molecule is O=C1N(C[C@H]2C[C@H](N(CC3CC3)CC3CC3)C2)c2cc(I)cc(C(F)(F)F)c2C1(O)c1ccc(Cl)cc1Cl. The summed E-state index contributed by atoms with van der Waals surface area (Å²) in [5.41, 5.74) is -4.07. The van der Waals surface area contributed by atoms with Gasteiger partial charge in [0.2, 0.25) is 0 Å². The fourth-order valence-corrected chi connectivity index (χ4v) is 7.23. The van der Waals surface area contributed by atoms with E-state index in [9.17, 15) is 23.1 Å². The maximum Gasteiger partial charge on any atom is 0.416 e. The molecule has 38 heavy (non-hydrogen) atoms. The summed E-state index contributed by atoms with van der Waals surface area (Å²) in [5, 5.41) is 12.1. The number of carbonyl (C=O) groups is 1. The van der Waals surface area contributed by atoms with Crippen LogP contribution in [0.15, 0.2) is 30.3 Å². The Hall–Kier alpha value is -1.07. The Bertz CT molecular complexity index is 1260. The lowest BCUT2D eigenvalue weighted by molar-refractivity contribution is -0.142. The number of amides is 1. The molecule has 4 aliphatic rings. The lowest BCUT2D eigenvalue weighted by atomic mass is 9.78. The summed E-state index contributed by atoms with van der Waals surface area (Å²) in [6.07, 6.45) is 2.20. The first-order valence-corrected chi connectivity index (χ1v) is 14.9. The minimum atomic E-state index is -4.78. The third-order valence-electron chi connectivity index (χ3n) is 8.46. The Kier molecular flexibility index (Phi) is 6.98. The number of alkyl halides is 3. The van der Waals surface area contributed by atoms with Gasteiger partial charge in [0.1, 0.15) is 0 Å². The Labute approximate surface area is 243 Å². The van der Waals surface area contributed by atoms with Gasteiger partial charge in [-0.05, 0) is 103 Å². The zero-order valence-corrected chi connectivity index (χ0v) is 24.2. The summed E-state index contributed by atoms with van der Waals surface area (Å²) >= 11 is 14.2. The van der Waals surface area contributed by atoms with Gasteiger partial charge in [0.15, 0.2) is 5.60 Å². The number of benzene rings is 2. The van der Waals surface area contributed by atoms with Crippen LogP contribution in [0.3, 0.4) is 0 Å². The second-order valence-electron chi connectivity index (χ2n) is 11.4. The van der Waals surface area contributed by atoms with Gasteiger partial charge in [0.25, 0.3) is 5.91 Å². The topological polar surface area (TPSA) is 43.8 Å². The second-order valence-corrected chi connectivity index (χ2v) is 13.5. The van der Waals surface area contributed by atoms with E-state index in [-0.39, 0.29) is 33.8 Å². The van der Waals surface area contributed by atoms with Gasteiger partial charge < -0.3 is 10.0 Å². The number of fused-ring (bicyclic) bond motifs is 1. The summed E-state index contributed by atoms with van der Waals surface area (Å²) in [7, 11) is 0. The zero-order chi connectivity index (χ0) is 27.0. The predicted molar refractivity (Wildman–Crippen MR) is 150 cm³/mol. The van der Waals surface area contributed by atoms with Crippen LogP contribution >= 0.6 is 45.8 Å². The average molecular weight is 679 g/mol. The summed E-state index contributed by atoms with van der Waals surface area (Å²) in [6.45, 7) is 2.51. The molecule has 1 heterocycles. The van der Waals surface area contributed by atoms with Gasteiger partial charge in [-0.3, -0.25) is 9.69 Å². The van der Waals surface area contributed by atoms with E-state index >= 15 is 0 Å². The van der Waals surface area contributed by atoms with Gasteiger partial charge in [0, 0.05) is 50.4 Å². The van der Waals surface area contributed by atoms with Crippen molar-refractivity contribution in [2.24, 2.45) is 17.8 Å². The van der Waals surface area contributed by atoms with Crippen molar-refractivity contribution in [3.05, 3.63) is 60.6 Å². The van der Waals surface area contributed by atoms with Gasteiger partial charge in [0.05, 0.1) is 11.3 Å². The molecule has 4 nitrogen and oxygen atoms in total. The Morgan fingerprint density at radius 1 is 1.03 bits per heavy atom. The number of anilines is 1. The molecule has 3 fully saturated rings. The van der Waals surface area contributed by atoms with E-state index in [0.717, 1.165) is 43.8 Å². The van der Waals surface area contributed by atoms with Gasteiger partial charge in [-0.25, -0.2) is 0 Å². The van der Waals surface area contributed by atoms with Gasteiger partial charge in [-0.1, -0.05) is 29.3 Å². The number of rotatable bonds is 8. The summed E-state index contributed by atoms with van der Waals surface area (Å²) in [5.74, 6) is 0.928. The lowest BCUT2D eigenvalue weighted by Crippen LogP contribution is -2.51. The van der Waals surface area contributed by atoms with E-state index in [4.69, 9.17) is 23.2 Å². The van der Waals surface area contributed by atoms with Crippen LogP contribution in [0.1, 0.15) is 55.2 Å². The molecule has 2 aromatic carbocycles. The Morgan fingerprint density at radius 2 is 1.66 bits per heavy atom. The van der Waals surface area contributed by atoms with Crippen LogP contribution in [0.5, 0.6) is 0 Å². The fraction of sp³-hybridized carbons (Fsp3) is 0.536. The third kappa shape index (κ3) is 4.97. The largest absolute Gasteiger partial charge is 0.416 e. The van der Waals surface area contributed by atoms with Crippen LogP contribution in [0, 0.1) is 21.3 Å². The smallest absolute Gasteiger partial charge is 0.372 e. The Morgan fingerprint density at radius 3 is 2.21 bits per heavy atom. The number of nitrogens with zero attached hydrogens (tertiary/aromatic N) is 2. The highest BCUT2D eigenvalue weighted by molar-refractivity contribution is 14.1. The first kappa shape index (κ1) is 27.1. The van der Waals surface area contributed by atoms with Gasteiger partial charge in [-0.15, -0.1) is 0 Å². The van der Waals surface area contributed by atoms with E-state index in [2.05, 4.69) is 4.90 Å². The maximum absolute atomic E-state index is 14.3. The zero-order valence-electron chi connectivity index (χ0n) is 20.6. The van der Waals surface area contributed by atoms with E-state index in [1.165, 1.54) is 48.8 Å². The number of aliphatic hydroxyl groups is 1. The predicted octanol–water partition coefficient (Wildman–Crippen LogP) is 7.10. The van der Waals surface area contributed by atoms with E-state index in [1.54, 1.807) is 6.07 Å². The van der Waals surface area contributed by atoms with Crippen molar-refractivity contribution in [2.45, 2.75) is 56.3 Å². The first-order chi connectivity index (χ1) is 17.9. The van der Waals surface area contributed by atoms with E-state index < -0.39 is 28.8 Å². The summed E-state index contributed by atoms with van der Waals surface area (Å²) in [6, 6.07) is 7.05. The highest BCUT2D eigenvalue weighted by Gasteiger charge is 2.57. The second kappa shape index (κ2) is 9.79. The average Bonchev–Trinajstić information content (AvgIpc) is 3.73. The Balaban J connectivity index is 1.32. The summed E-state index contributed by atoms with van der Waals surface area (Å²) in [4.78, 5) is 17.9. The van der Waals surface area contributed by atoms with Crippen LogP contribution in [0.4, 0.5) is 18.9 Å². The van der Waals surface area contributed by atoms with Crippen LogP contribution in [0.25, 0.3) is 0 Å². The molecule has 3 saturated carbocycles. The highest BCUT2D eigenvalue weighted by atomic mass is 127. The van der Waals surface area contributed by atoms with Crippen LogP contribution < -0.4 is 4.90 Å². The molecule has 0 bridgehead atoms. The molecule has 204 valence electrons. The number of hydrogen-bond acceptors (Lipinski definition) is 3. The van der Waals surface area contributed by atoms with Crippen LogP contribution in [-0.4, -0.2) is 41.6 Å². The standard InChI is InChI=1S/C28H28Cl2F3IN2O2/c29-18-5-6-21(23(30)9-18)27(38)25-22(28(31,32)33)10-19(34)11-24(25)36(26(27)37)14-17-7-20(8-17)35(12-15-1-2-15)13-16-3-4-16/h5-6,9-11,15-17,20,38H,1-4,7-8,12-14H2/t17-,20-,27?. The molecule has 3 aliphatic carbocycles. The molecule has 1 unspecified atom stereocenters. The van der Waals surface area contributed by atoms with Gasteiger partial charge in [-0.2, -0.15) is 13.2 Å². The molecule has 0 radical (unpaired) electrons. The molecule has 0 saturated heterocycles. The molecular formula is C28H28Cl2F3IN2O2. The van der Waals surface area contributed by atoms with Crippen molar-refractivity contribution in [3.63, 3.8) is 0 Å². The molecule has 6 rings (SSSR count). The van der Waals surface area contributed by atoms with Gasteiger partial charge >= 0.3 is 6.18 Å². The van der Waals surface area contributed by atoms with E-state index in [1.807, 2.05) is 22.6 Å². The molecule has 1 atom stereocenters. The minimum absolute atomic E-state index is 0.0627. The lowest BCUT2D eigenvalue weighted by Gasteiger charge is -2.44.